The van der Waals surface area contributed by atoms with E-state index in [1.165, 1.54) is 0 Å². The zero-order valence-corrected chi connectivity index (χ0v) is 11.1. The number of nitrogens with zero attached hydrogens (tertiary/aromatic N) is 1. The molecule has 0 saturated carbocycles. The van der Waals surface area contributed by atoms with Crippen molar-refractivity contribution < 1.29 is 9.53 Å². The Hall–Kier alpha value is -2.02. The number of benzene rings is 1. The molecule has 1 amide bonds. The number of nitrogens with one attached hydrogen (secondary N) is 1. The molecule has 19 heavy (non-hydrogen) atoms. The summed E-state index contributed by atoms with van der Waals surface area (Å²) >= 11 is 0. The third-order valence-corrected chi connectivity index (χ3v) is 3.41. The normalized spacial score (nSPS) is 16.5. The molecule has 100 valence electrons. The first-order valence-corrected chi connectivity index (χ1v) is 6.71. The summed E-state index contributed by atoms with van der Waals surface area (Å²) < 4.78 is 5.10. The minimum atomic E-state index is -0.367. The van der Waals surface area contributed by atoms with Gasteiger partial charge in [0.25, 0.3) is 0 Å². The third-order valence-electron chi connectivity index (χ3n) is 3.41. The van der Waals surface area contributed by atoms with E-state index in [9.17, 15) is 4.79 Å². The van der Waals surface area contributed by atoms with E-state index < -0.39 is 0 Å². The number of hydrogen-bond donors (Lipinski definition) is 1. The molecule has 0 aliphatic heterocycles. The van der Waals surface area contributed by atoms with Crippen LogP contribution < -0.4 is 5.32 Å². The van der Waals surface area contributed by atoms with Crippen LogP contribution in [0.5, 0.6) is 0 Å². The topological polar surface area (TPSA) is 62.1 Å². The van der Waals surface area contributed by atoms with E-state index in [0.717, 1.165) is 36.8 Å². The number of carbonyl (C=O) groups is 1. The molecule has 1 N–H and O–H groups in total. The van der Waals surface area contributed by atoms with Crippen LogP contribution in [0, 0.1) is 11.3 Å². The van der Waals surface area contributed by atoms with Gasteiger partial charge in [-0.3, -0.25) is 0 Å². The van der Waals surface area contributed by atoms with Gasteiger partial charge in [0.2, 0.25) is 0 Å². The zero-order chi connectivity index (χ0) is 13.7. The Bertz CT molecular complexity index is 505. The number of carbonyl (C=O) groups excluding carboxylic acids is 1. The second kappa shape index (κ2) is 6.24. The Morgan fingerprint density at radius 1 is 1.58 bits per heavy atom. The first-order chi connectivity index (χ1) is 9.26. The summed E-state index contributed by atoms with van der Waals surface area (Å²) in [4.78, 5) is 11.6. The van der Waals surface area contributed by atoms with Gasteiger partial charge in [0.05, 0.1) is 24.3 Å². The van der Waals surface area contributed by atoms with Crippen LogP contribution in [0.4, 0.5) is 4.79 Å². The summed E-state index contributed by atoms with van der Waals surface area (Å²) in [6, 6.07) is 7.82. The van der Waals surface area contributed by atoms with Crippen molar-refractivity contribution in [2.45, 2.75) is 38.6 Å². The molecule has 1 unspecified atom stereocenters. The molecule has 0 radical (unpaired) electrons. The lowest BCUT2D eigenvalue weighted by Gasteiger charge is -2.14. The smallest absolute Gasteiger partial charge is 0.407 e. The highest BCUT2D eigenvalue weighted by molar-refractivity contribution is 5.68. The Morgan fingerprint density at radius 3 is 3.16 bits per heavy atom. The molecule has 1 aliphatic carbocycles. The summed E-state index contributed by atoms with van der Waals surface area (Å²) in [6.07, 6.45) is 3.18. The van der Waals surface area contributed by atoms with E-state index in [0.29, 0.717) is 12.2 Å². The van der Waals surface area contributed by atoms with E-state index >= 15 is 0 Å². The molecular formula is C15H18N2O2. The van der Waals surface area contributed by atoms with Crippen molar-refractivity contribution in [2.24, 2.45) is 0 Å². The van der Waals surface area contributed by atoms with Crippen LogP contribution >= 0.6 is 0 Å². The van der Waals surface area contributed by atoms with Crippen LogP contribution in [0.3, 0.4) is 0 Å². The Labute approximate surface area is 113 Å². The molecule has 2 rings (SSSR count). The van der Waals surface area contributed by atoms with Crippen LogP contribution in [-0.4, -0.2) is 12.7 Å². The minimum Gasteiger partial charge on any atom is -0.450 e. The van der Waals surface area contributed by atoms with Crippen molar-refractivity contribution in [1.82, 2.24) is 5.32 Å². The number of fused-ring (bicyclic) bond motifs is 1. The number of unbranched alkanes of at least 4 members (excludes halogenated alkanes) is 1. The van der Waals surface area contributed by atoms with Crippen LogP contribution in [0.15, 0.2) is 18.2 Å². The monoisotopic (exact) mass is 258 g/mol. The fourth-order valence-corrected chi connectivity index (χ4v) is 2.40. The maximum Gasteiger partial charge on any atom is 0.407 e. The van der Waals surface area contributed by atoms with E-state index in [-0.39, 0.29) is 12.1 Å². The molecule has 0 heterocycles. The maximum atomic E-state index is 11.6. The molecule has 1 aromatic carbocycles. The first kappa shape index (κ1) is 13.4. The predicted molar refractivity (Wildman–Crippen MR) is 71.6 cm³/mol. The molecule has 0 aromatic heterocycles. The Balaban J connectivity index is 1.99. The Kier molecular flexibility index (Phi) is 4.40. The largest absolute Gasteiger partial charge is 0.450 e. The number of nitriles is 1. The zero-order valence-electron chi connectivity index (χ0n) is 11.1. The SMILES string of the molecule is CCCCOC(=O)NC1CCc2c(C#N)cccc21. The molecule has 4 nitrogen and oxygen atoms in total. The van der Waals surface area contributed by atoms with E-state index in [4.69, 9.17) is 10.00 Å². The number of hydrogen-bond acceptors (Lipinski definition) is 3. The van der Waals surface area contributed by atoms with Gasteiger partial charge in [-0.1, -0.05) is 25.5 Å². The van der Waals surface area contributed by atoms with Crippen molar-refractivity contribution in [1.29, 1.82) is 5.26 Å². The highest BCUT2D eigenvalue weighted by Crippen LogP contribution is 2.33. The second-order valence-corrected chi connectivity index (χ2v) is 4.71. The number of ether oxygens (including phenoxy) is 1. The lowest BCUT2D eigenvalue weighted by atomic mass is 10.0. The van der Waals surface area contributed by atoms with Gasteiger partial charge in [-0.2, -0.15) is 5.26 Å². The van der Waals surface area contributed by atoms with Crippen LogP contribution in [0.1, 0.15) is 48.9 Å². The number of alkyl carbamates (subject to hydrolysis) is 1. The third kappa shape index (κ3) is 3.05. The van der Waals surface area contributed by atoms with Crippen molar-refractivity contribution in [3.8, 4) is 6.07 Å². The van der Waals surface area contributed by atoms with Crippen LogP contribution in [-0.2, 0) is 11.2 Å². The van der Waals surface area contributed by atoms with Crippen LogP contribution in [0.25, 0.3) is 0 Å². The Morgan fingerprint density at radius 2 is 2.42 bits per heavy atom. The summed E-state index contributed by atoms with van der Waals surface area (Å²) in [7, 11) is 0. The molecule has 1 atom stereocenters. The standard InChI is InChI=1S/C15H18N2O2/c1-2-3-9-19-15(18)17-14-8-7-12-11(10-16)5-4-6-13(12)14/h4-6,14H,2-3,7-9H2,1H3,(H,17,18). The quantitative estimate of drug-likeness (QED) is 0.844. The molecule has 1 aromatic rings. The maximum absolute atomic E-state index is 11.6. The molecular weight excluding hydrogens is 240 g/mol. The summed E-state index contributed by atoms with van der Waals surface area (Å²) in [5.74, 6) is 0. The van der Waals surface area contributed by atoms with Crippen molar-refractivity contribution in [3.63, 3.8) is 0 Å². The van der Waals surface area contributed by atoms with E-state index in [1.807, 2.05) is 18.2 Å². The van der Waals surface area contributed by atoms with Crippen molar-refractivity contribution >= 4 is 6.09 Å². The first-order valence-electron chi connectivity index (χ1n) is 6.71. The number of amides is 1. The molecule has 4 heteroatoms. The van der Waals surface area contributed by atoms with Gasteiger partial charge < -0.3 is 10.1 Å². The van der Waals surface area contributed by atoms with Crippen molar-refractivity contribution in [2.75, 3.05) is 6.61 Å². The van der Waals surface area contributed by atoms with Crippen molar-refractivity contribution in [3.05, 3.63) is 34.9 Å². The van der Waals surface area contributed by atoms with Gasteiger partial charge in [0.1, 0.15) is 0 Å². The fraction of sp³-hybridized carbons (Fsp3) is 0.467. The highest BCUT2D eigenvalue weighted by Gasteiger charge is 2.26. The van der Waals surface area contributed by atoms with Gasteiger partial charge in [-0.15, -0.1) is 0 Å². The number of rotatable bonds is 4. The average Bonchev–Trinajstić information content (AvgIpc) is 2.82. The second-order valence-electron chi connectivity index (χ2n) is 4.71. The molecule has 0 bridgehead atoms. The lowest BCUT2D eigenvalue weighted by Crippen LogP contribution is -2.28. The van der Waals surface area contributed by atoms with Gasteiger partial charge in [-0.25, -0.2) is 4.79 Å². The lowest BCUT2D eigenvalue weighted by molar-refractivity contribution is 0.140. The van der Waals surface area contributed by atoms with Gasteiger partial charge in [0, 0.05) is 0 Å². The summed E-state index contributed by atoms with van der Waals surface area (Å²) in [5, 5.41) is 11.9. The van der Waals surface area contributed by atoms with Gasteiger partial charge in [0.15, 0.2) is 0 Å². The predicted octanol–water partition coefficient (Wildman–Crippen LogP) is 3.07. The van der Waals surface area contributed by atoms with E-state index in [2.05, 4.69) is 18.3 Å². The fourth-order valence-electron chi connectivity index (χ4n) is 2.40. The molecule has 1 aliphatic rings. The van der Waals surface area contributed by atoms with Gasteiger partial charge in [-0.05, 0) is 36.5 Å². The average molecular weight is 258 g/mol. The summed E-state index contributed by atoms with van der Waals surface area (Å²) in [6.45, 7) is 2.51. The molecule has 0 saturated heterocycles. The minimum absolute atomic E-state index is 0.0302. The van der Waals surface area contributed by atoms with Gasteiger partial charge >= 0.3 is 6.09 Å². The molecule has 0 spiro atoms. The van der Waals surface area contributed by atoms with Crippen LogP contribution in [0.2, 0.25) is 0 Å². The van der Waals surface area contributed by atoms with E-state index in [1.54, 1.807) is 0 Å². The summed E-state index contributed by atoms with van der Waals surface area (Å²) in [5.41, 5.74) is 2.82. The highest BCUT2D eigenvalue weighted by atomic mass is 16.5. The molecule has 0 fully saturated rings.